The molecule has 106 valence electrons. The zero-order chi connectivity index (χ0) is 14.6. The molecule has 0 atom stereocenters. The highest BCUT2D eigenvalue weighted by Gasteiger charge is 2.32. The number of Topliss-reactive ketones (excluding diaryl/α,β-unsaturated/α-hetero) is 1. The summed E-state index contributed by atoms with van der Waals surface area (Å²) in [5.41, 5.74) is -1.60. The third kappa shape index (κ3) is 4.45. The maximum absolute atomic E-state index is 12.5. The number of benzene rings is 1. The lowest BCUT2D eigenvalue weighted by Crippen LogP contribution is -2.12. The largest absolute Gasteiger partial charge is 0.434 e. The zero-order valence-electron chi connectivity index (χ0n) is 9.31. The van der Waals surface area contributed by atoms with Gasteiger partial charge in [-0.1, -0.05) is 15.9 Å². The van der Waals surface area contributed by atoms with Crippen LogP contribution in [0.15, 0.2) is 18.2 Å². The Balaban J connectivity index is 3.22. The average Bonchev–Trinajstić information content (AvgIpc) is 2.27. The SMILES string of the molecule is O=C(CCBr)c1cc(C(F)(F)F)ccc1OC(F)F. The molecule has 0 aromatic heterocycles. The van der Waals surface area contributed by atoms with Gasteiger partial charge in [0.2, 0.25) is 0 Å². The Morgan fingerprint density at radius 2 is 1.95 bits per heavy atom. The first-order valence-corrected chi connectivity index (χ1v) is 6.13. The maximum Gasteiger partial charge on any atom is 0.416 e. The summed E-state index contributed by atoms with van der Waals surface area (Å²) < 4.78 is 65.8. The lowest BCUT2D eigenvalue weighted by Gasteiger charge is -2.13. The van der Waals surface area contributed by atoms with Gasteiger partial charge in [-0.15, -0.1) is 0 Å². The van der Waals surface area contributed by atoms with E-state index >= 15 is 0 Å². The lowest BCUT2D eigenvalue weighted by molar-refractivity contribution is -0.137. The molecule has 0 aliphatic heterocycles. The van der Waals surface area contributed by atoms with Crippen molar-refractivity contribution < 1.29 is 31.5 Å². The first kappa shape index (κ1) is 15.9. The lowest BCUT2D eigenvalue weighted by atomic mass is 10.0. The molecule has 0 N–H and O–H groups in total. The monoisotopic (exact) mass is 346 g/mol. The van der Waals surface area contributed by atoms with Gasteiger partial charge in [0, 0.05) is 11.8 Å². The number of ether oxygens (including phenoxy) is 1. The fourth-order valence-corrected chi connectivity index (χ4v) is 1.70. The van der Waals surface area contributed by atoms with Gasteiger partial charge in [0.05, 0.1) is 11.1 Å². The molecule has 0 amide bonds. The number of hydrogen-bond donors (Lipinski definition) is 0. The molecule has 0 aliphatic carbocycles. The van der Waals surface area contributed by atoms with Crippen LogP contribution in [0.4, 0.5) is 22.0 Å². The molecule has 0 aliphatic rings. The quantitative estimate of drug-likeness (QED) is 0.452. The Labute approximate surface area is 113 Å². The van der Waals surface area contributed by atoms with E-state index in [-0.39, 0.29) is 11.8 Å². The minimum absolute atomic E-state index is 0.124. The van der Waals surface area contributed by atoms with Gasteiger partial charge in [0.25, 0.3) is 0 Å². The van der Waals surface area contributed by atoms with Crippen LogP contribution in [0.3, 0.4) is 0 Å². The van der Waals surface area contributed by atoms with Gasteiger partial charge in [-0.05, 0) is 18.2 Å². The highest BCUT2D eigenvalue weighted by atomic mass is 79.9. The summed E-state index contributed by atoms with van der Waals surface area (Å²) in [6, 6.07) is 1.82. The summed E-state index contributed by atoms with van der Waals surface area (Å²) in [6.45, 7) is -3.22. The first-order chi connectivity index (χ1) is 8.75. The van der Waals surface area contributed by atoms with Crippen LogP contribution in [-0.2, 0) is 6.18 Å². The van der Waals surface area contributed by atoms with Crippen molar-refractivity contribution in [1.82, 2.24) is 0 Å². The Kier molecular flexibility index (Phi) is 5.28. The van der Waals surface area contributed by atoms with Crippen LogP contribution in [0.25, 0.3) is 0 Å². The highest BCUT2D eigenvalue weighted by Crippen LogP contribution is 2.33. The Bertz CT molecular complexity index is 459. The molecule has 0 radical (unpaired) electrons. The van der Waals surface area contributed by atoms with E-state index in [0.29, 0.717) is 12.1 Å². The number of carbonyl (C=O) groups excluding carboxylic acids is 1. The number of alkyl halides is 6. The van der Waals surface area contributed by atoms with Gasteiger partial charge < -0.3 is 4.74 Å². The van der Waals surface area contributed by atoms with Crippen LogP contribution in [0.5, 0.6) is 5.75 Å². The molecule has 0 spiro atoms. The van der Waals surface area contributed by atoms with Gasteiger partial charge in [-0.25, -0.2) is 0 Å². The normalized spacial score (nSPS) is 11.7. The molecule has 19 heavy (non-hydrogen) atoms. The van der Waals surface area contributed by atoms with E-state index in [0.717, 1.165) is 6.07 Å². The molecule has 1 aromatic carbocycles. The second kappa shape index (κ2) is 6.31. The van der Waals surface area contributed by atoms with E-state index in [4.69, 9.17) is 0 Å². The third-order valence-corrected chi connectivity index (χ3v) is 2.54. The van der Waals surface area contributed by atoms with Crippen LogP contribution in [-0.4, -0.2) is 17.7 Å². The van der Waals surface area contributed by atoms with E-state index < -0.39 is 35.4 Å². The zero-order valence-corrected chi connectivity index (χ0v) is 10.9. The second-order valence-electron chi connectivity index (χ2n) is 3.45. The fourth-order valence-electron chi connectivity index (χ4n) is 1.34. The number of halogens is 6. The molecule has 0 saturated carbocycles. The van der Waals surface area contributed by atoms with Crippen molar-refractivity contribution >= 4 is 21.7 Å². The Morgan fingerprint density at radius 1 is 1.32 bits per heavy atom. The Morgan fingerprint density at radius 3 is 2.42 bits per heavy atom. The van der Waals surface area contributed by atoms with Crippen molar-refractivity contribution in [1.29, 1.82) is 0 Å². The predicted molar refractivity (Wildman–Crippen MR) is 60.8 cm³/mol. The van der Waals surface area contributed by atoms with Crippen LogP contribution < -0.4 is 4.74 Å². The van der Waals surface area contributed by atoms with E-state index in [9.17, 15) is 26.7 Å². The second-order valence-corrected chi connectivity index (χ2v) is 4.24. The molecule has 0 heterocycles. The fraction of sp³-hybridized carbons (Fsp3) is 0.364. The molecule has 0 saturated heterocycles. The third-order valence-electron chi connectivity index (χ3n) is 2.14. The summed E-state index contributed by atoms with van der Waals surface area (Å²) in [5.74, 6) is -1.27. The van der Waals surface area contributed by atoms with Crippen molar-refractivity contribution in [3.8, 4) is 5.75 Å². The number of carbonyl (C=O) groups is 1. The standard InChI is InChI=1S/C11H8BrF5O2/c12-4-3-8(18)7-5-6(11(15,16)17)1-2-9(7)19-10(13)14/h1-2,5,10H,3-4H2. The highest BCUT2D eigenvalue weighted by molar-refractivity contribution is 9.09. The van der Waals surface area contributed by atoms with Crippen LogP contribution in [0.1, 0.15) is 22.3 Å². The van der Waals surface area contributed by atoms with Crippen molar-refractivity contribution in [2.24, 2.45) is 0 Å². The topological polar surface area (TPSA) is 26.3 Å². The van der Waals surface area contributed by atoms with Gasteiger partial charge in [0.15, 0.2) is 5.78 Å². The van der Waals surface area contributed by atoms with Crippen molar-refractivity contribution in [2.75, 3.05) is 5.33 Å². The van der Waals surface area contributed by atoms with Crippen molar-refractivity contribution in [3.63, 3.8) is 0 Å². The number of hydrogen-bond acceptors (Lipinski definition) is 2. The van der Waals surface area contributed by atoms with Crippen LogP contribution in [0, 0.1) is 0 Å². The smallest absolute Gasteiger partial charge is 0.416 e. The maximum atomic E-state index is 12.5. The molecule has 1 aromatic rings. The summed E-state index contributed by atoms with van der Waals surface area (Å²) in [6.07, 6.45) is -4.78. The van der Waals surface area contributed by atoms with Gasteiger partial charge in [-0.3, -0.25) is 4.79 Å². The molecule has 0 fully saturated rings. The summed E-state index contributed by atoms with van der Waals surface area (Å²) in [7, 11) is 0. The minimum atomic E-state index is -4.66. The van der Waals surface area contributed by atoms with Gasteiger partial charge in [-0.2, -0.15) is 22.0 Å². The molecule has 0 bridgehead atoms. The molecule has 1 rings (SSSR count). The van der Waals surface area contributed by atoms with Gasteiger partial charge >= 0.3 is 12.8 Å². The van der Waals surface area contributed by atoms with Crippen molar-refractivity contribution in [3.05, 3.63) is 29.3 Å². The van der Waals surface area contributed by atoms with E-state index in [2.05, 4.69) is 20.7 Å². The van der Waals surface area contributed by atoms with Gasteiger partial charge in [0.1, 0.15) is 5.75 Å². The predicted octanol–water partition coefficient (Wildman–Crippen LogP) is 4.27. The first-order valence-electron chi connectivity index (χ1n) is 5.01. The van der Waals surface area contributed by atoms with E-state index in [1.54, 1.807) is 0 Å². The van der Waals surface area contributed by atoms with Crippen molar-refractivity contribution in [2.45, 2.75) is 19.2 Å². The van der Waals surface area contributed by atoms with E-state index in [1.807, 2.05) is 0 Å². The summed E-state index contributed by atoms with van der Waals surface area (Å²) >= 11 is 2.95. The molecular weight excluding hydrogens is 339 g/mol. The van der Waals surface area contributed by atoms with Crippen LogP contribution >= 0.6 is 15.9 Å². The molecule has 2 nitrogen and oxygen atoms in total. The van der Waals surface area contributed by atoms with Crippen LogP contribution in [0.2, 0.25) is 0 Å². The molecular formula is C11H8BrF5O2. The minimum Gasteiger partial charge on any atom is -0.434 e. The molecule has 0 unspecified atom stereocenters. The summed E-state index contributed by atoms with van der Waals surface area (Å²) in [4.78, 5) is 11.6. The molecule has 8 heteroatoms. The number of ketones is 1. The average molecular weight is 347 g/mol. The Hall–Kier alpha value is -1.18. The summed E-state index contributed by atoms with van der Waals surface area (Å²) in [5, 5.41) is 0.205. The number of rotatable bonds is 5. The van der Waals surface area contributed by atoms with E-state index in [1.165, 1.54) is 0 Å².